The van der Waals surface area contributed by atoms with Gasteiger partial charge in [-0.05, 0) is 54.6 Å². The lowest BCUT2D eigenvalue weighted by Crippen LogP contribution is -2.41. The predicted octanol–water partition coefficient (Wildman–Crippen LogP) is 2.65. The Morgan fingerprint density at radius 2 is 2.05 bits per heavy atom. The molecule has 0 heterocycles. The monoisotopic (exact) mass is 438 g/mol. The van der Waals surface area contributed by atoms with Gasteiger partial charge in [0.2, 0.25) is 5.91 Å². The third kappa shape index (κ3) is 5.10. The molecule has 0 spiro atoms. The summed E-state index contributed by atoms with van der Waals surface area (Å²) in [4.78, 5) is 25.3. The van der Waals surface area contributed by atoms with Crippen LogP contribution in [-0.2, 0) is 4.79 Å². The summed E-state index contributed by atoms with van der Waals surface area (Å²) in [5.74, 6) is -0.319. The number of hydrogen-bond acceptors (Lipinski definition) is 2. The first-order valence-corrected chi connectivity index (χ1v) is 7.68. The molecule has 0 saturated carbocycles. The first kappa shape index (κ1) is 16.4. The fourth-order valence-corrected chi connectivity index (χ4v) is 2.45. The standard InChI is InChI=1S/C13H16BrIN2O2/c1-8(2)16-12(18)7-17(3)13(19)10-6-9(14)4-5-11(10)15/h4-6,8H,7H2,1-3H3,(H,16,18). The van der Waals surface area contributed by atoms with Gasteiger partial charge in [0.1, 0.15) is 0 Å². The van der Waals surface area contributed by atoms with Gasteiger partial charge >= 0.3 is 0 Å². The lowest BCUT2D eigenvalue weighted by atomic mass is 10.2. The third-order valence-electron chi connectivity index (χ3n) is 2.34. The van der Waals surface area contributed by atoms with E-state index in [2.05, 4.69) is 43.8 Å². The second kappa shape index (κ2) is 7.23. The van der Waals surface area contributed by atoms with Gasteiger partial charge in [-0.2, -0.15) is 0 Å². The molecular formula is C13H16BrIN2O2. The molecule has 0 fully saturated rings. The van der Waals surface area contributed by atoms with Crippen molar-refractivity contribution >= 4 is 50.3 Å². The fourth-order valence-electron chi connectivity index (χ4n) is 1.52. The Labute approximate surface area is 135 Å². The van der Waals surface area contributed by atoms with Crippen LogP contribution >= 0.6 is 38.5 Å². The number of amides is 2. The molecule has 6 heteroatoms. The van der Waals surface area contributed by atoms with Crippen molar-refractivity contribution in [1.29, 1.82) is 0 Å². The molecule has 0 aliphatic heterocycles. The lowest BCUT2D eigenvalue weighted by molar-refractivity contribution is -0.122. The molecule has 2 amide bonds. The number of rotatable bonds is 4. The fraction of sp³-hybridized carbons (Fsp3) is 0.385. The summed E-state index contributed by atoms with van der Waals surface area (Å²) in [6.45, 7) is 3.83. The Bertz CT molecular complexity index is 492. The summed E-state index contributed by atoms with van der Waals surface area (Å²) < 4.78 is 1.71. The highest BCUT2D eigenvalue weighted by molar-refractivity contribution is 14.1. The van der Waals surface area contributed by atoms with Crippen molar-refractivity contribution in [3.05, 3.63) is 31.8 Å². The van der Waals surface area contributed by atoms with Crippen LogP contribution in [0.3, 0.4) is 0 Å². The lowest BCUT2D eigenvalue weighted by Gasteiger charge is -2.18. The van der Waals surface area contributed by atoms with E-state index in [1.54, 1.807) is 13.1 Å². The minimum Gasteiger partial charge on any atom is -0.352 e. The van der Waals surface area contributed by atoms with Crippen LogP contribution in [0.5, 0.6) is 0 Å². The molecule has 104 valence electrons. The Morgan fingerprint density at radius 1 is 1.42 bits per heavy atom. The van der Waals surface area contributed by atoms with Gasteiger partial charge in [0.25, 0.3) is 5.91 Å². The van der Waals surface area contributed by atoms with Crippen LogP contribution in [0, 0.1) is 3.57 Å². The highest BCUT2D eigenvalue weighted by Crippen LogP contribution is 2.19. The van der Waals surface area contributed by atoms with Gasteiger partial charge in [-0.3, -0.25) is 9.59 Å². The van der Waals surface area contributed by atoms with E-state index in [0.717, 1.165) is 8.04 Å². The molecule has 0 aliphatic carbocycles. The van der Waals surface area contributed by atoms with E-state index in [4.69, 9.17) is 0 Å². The van der Waals surface area contributed by atoms with E-state index in [-0.39, 0.29) is 24.4 Å². The third-order valence-corrected chi connectivity index (χ3v) is 3.77. The molecule has 19 heavy (non-hydrogen) atoms. The second-order valence-corrected chi connectivity index (χ2v) is 6.59. The molecule has 1 aromatic carbocycles. The summed E-state index contributed by atoms with van der Waals surface area (Å²) in [5.41, 5.74) is 0.592. The van der Waals surface area contributed by atoms with Crippen LogP contribution in [0.1, 0.15) is 24.2 Å². The number of nitrogens with one attached hydrogen (secondary N) is 1. The molecule has 4 nitrogen and oxygen atoms in total. The van der Waals surface area contributed by atoms with Gasteiger partial charge in [0, 0.05) is 21.1 Å². The quantitative estimate of drug-likeness (QED) is 0.734. The molecule has 0 radical (unpaired) electrons. The minimum absolute atomic E-state index is 0.0552. The maximum absolute atomic E-state index is 12.3. The Morgan fingerprint density at radius 3 is 2.63 bits per heavy atom. The number of nitrogens with zero attached hydrogens (tertiary/aromatic N) is 1. The van der Waals surface area contributed by atoms with Gasteiger partial charge in [0.15, 0.2) is 0 Å². The summed E-state index contributed by atoms with van der Waals surface area (Å²) in [5, 5.41) is 2.76. The van der Waals surface area contributed by atoms with Crippen LogP contribution in [-0.4, -0.2) is 36.3 Å². The molecule has 0 aliphatic rings. The minimum atomic E-state index is -0.162. The van der Waals surface area contributed by atoms with Gasteiger partial charge in [0.05, 0.1) is 12.1 Å². The summed E-state index contributed by atoms with van der Waals surface area (Å²) in [6.07, 6.45) is 0. The van der Waals surface area contributed by atoms with Crippen molar-refractivity contribution < 1.29 is 9.59 Å². The zero-order valence-corrected chi connectivity index (χ0v) is 14.8. The SMILES string of the molecule is CC(C)NC(=O)CN(C)C(=O)c1cc(Br)ccc1I. The van der Waals surface area contributed by atoms with E-state index in [9.17, 15) is 9.59 Å². The summed E-state index contributed by atoms with van der Waals surface area (Å²) in [7, 11) is 1.62. The topological polar surface area (TPSA) is 49.4 Å². The number of hydrogen-bond donors (Lipinski definition) is 1. The van der Waals surface area contributed by atoms with Crippen molar-refractivity contribution in [1.82, 2.24) is 10.2 Å². The van der Waals surface area contributed by atoms with Crippen LogP contribution in [0.2, 0.25) is 0 Å². The van der Waals surface area contributed by atoms with Gasteiger partial charge in [-0.25, -0.2) is 0 Å². The summed E-state index contributed by atoms with van der Waals surface area (Å²) in [6, 6.07) is 5.58. The van der Waals surface area contributed by atoms with Gasteiger partial charge in [-0.15, -0.1) is 0 Å². The maximum atomic E-state index is 12.3. The van der Waals surface area contributed by atoms with Crippen LogP contribution < -0.4 is 5.32 Å². The van der Waals surface area contributed by atoms with Crippen molar-refractivity contribution in [2.24, 2.45) is 0 Å². The molecule has 0 saturated heterocycles. The summed E-state index contributed by atoms with van der Waals surface area (Å²) >= 11 is 5.45. The normalized spacial score (nSPS) is 10.4. The molecule has 0 aromatic heterocycles. The van der Waals surface area contributed by atoms with E-state index in [0.29, 0.717) is 5.56 Å². The maximum Gasteiger partial charge on any atom is 0.255 e. The molecule has 1 rings (SSSR count). The van der Waals surface area contributed by atoms with E-state index < -0.39 is 0 Å². The zero-order chi connectivity index (χ0) is 14.6. The van der Waals surface area contributed by atoms with E-state index in [1.165, 1.54) is 4.90 Å². The molecule has 1 N–H and O–H groups in total. The van der Waals surface area contributed by atoms with Crippen LogP contribution in [0.15, 0.2) is 22.7 Å². The molecule has 1 aromatic rings. The van der Waals surface area contributed by atoms with Crippen molar-refractivity contribution in [3.8, 4) is 0 Å². The van der Waals surface area contributed by atoms with Crippen molar-refractivity contribution in [3.63, 3.8) is 0 Å². The zero-order valence-electron chi connectivity index (χ0n) is 11.0. The Kier molecular flexibility index (Phi) is 6.25. The Balaban J connectivity index is 2.77. The van der Waals surface area contributed by atoms with Crippen LogP contribution in [0.25, 0.3) is 0 Å². The highest BCUT2D eigenvalue weighted by Gasteiger charge is 2.17. The van der Waals surface area contributed by atoms with E-state index in [1.807, 2.05) is 26.0 Å². The predicted molar refractivity (Wildman–Crippen MR) is 87.1 cm³/mol. The average Bonchev–Trinajstić information content (AvgIpc) is 2.30. The largest absolute Gasteiger partial charge is 0.352 e. The number of halogens is 2. The number of carbonyl (C=O) groups excluding carboxylic acids is 2. The number of likely N-dealkylation sites (N-methyl/N-ethyl adjacent to an activating group) is 1. The number of carbonyl (C=O) groups is 2. The highest BCUT2D eigenvalue weighted by atomic mass is 127. The molecular weight excluding hydrogens is 423 g/mol. The van der Waals surface area contributed by atoms with Gasteiger partial charge < -0.3 is 10.2 Å². The molecule has 0 unspecified atom stereocenters. The second-order valence-electron chi connectivity index (χ2n) is 4.51. The van der Waals surface area contributed by atoms with Gasteiger partial charge in [-0.1, -0.05) is 15.9 Å². The smallest absolute Gasteiger partial charge is 0.255 e. The first-order valence-electron chi connectivity index (χ1n) is 5.81. The Hall–Kier alpha value is -0.630. The van der Waals surface area contributed by atoms with Crippen molar-refractivity contribution in [2.45, 2.75) is 19.9 Å². The number of benzene rings is 1. The van der Waals surface area contributed by atoms with Crippen molar-refractivity contribution in [2.75, 3.05) is 13.6 Å². The molecule has 0 bridgehead atoms. The van der Waals surface area contributed by atoms with E-state index >= 15 is 0 Å². The first-order chi connectivity index (χ1) is 8.81. The van der Waals surface area contributed by atoms with Crippen LogP contribution in [0.4, 0.5) is 0 Å². The average molecular weight is 439 g/mol. The molecule has 0 atom stereocenters.